The fraction of sp³-hybridized carbons (Fsp3) is 0.174. The Morgan fingerprint density at radius 1 is 0.857 bits per heavy atom. The Morgan fingerprint density at radius 3 is 2.04 bits per heavy atom. The highest BCUT2D eigenvalue weighted by molar-refractivity contribution is 6.01. The second-order valence-corrected chi connectivity index (χ2v) is 6.18. The molecule has 0 aliphatic rings. The predicted molar refractivity (Wildman–Crippen MR) is 111 cm³/mol. The maximum Gasteiger partial charge on any atom is 0.245 e. The number of benzene rings is 3. The maximum absolute atomic E-state index is 13.0. The number of aliphatic hydroxyl groups is 1. The Kier molecular flexibility index (Phi) is 7.18. The van der Waals surface area contributed by atoms with E-state index in [-0.39, 0.29) is 25.7 Å². The van der Waals surface area contributed by atoms with Crippen LogP contribution in [0.2, 0.25) is 0 Å². The molecule has 0 aromatic heterocycles. The Balaban J connectivity index is 1.68. The smallest absolute Gasteiger partial charge is 0.245 e. The first-order valence-corrected chi connectivity index (χ1v) is 9.25. The van der Waals surface area contributed by atoms with E-state index in [1.807, 2.05) is 84.9 Å². The normalized spacial score (nSPS) is 10.5. The molecule has 0 fully saturated rings. The van der Waals surface area contributed by atoms with Crippen molar-refractivity contribution in [2.45, 2.75) is 6.54 Å². The predicted octanol–water partition coefficient (Wildman–Crippen LogP) is 3.51. The molecular formula is C23H24N2O3. The van der Waals surface area contributed by atoms with Crippen molar-refractivity contribution in [3.8, 4) is 5.75 Å². The monoisotopic (exact) mass is 376 g/mol. The highest BCUT2D eigenvalue weighted by Gasteiger charge is 2.17. The average molecular weight is 376 g/mol. The Hall–Kier alpha value is -3.15. The van der Waals surface area contributed by atoms with E-state index in [4.69, 9.17) is 9.84 Å². The van der Waals surface area contributed by atoms with Gasteiger partial charge in [-0.3, -0.25) is 9.69 Å². The number of carbonyl (C=O) groups excluding carboxylic acids is 1. The Bertz CT molecular complexity index is 830. The molecule has 5 heteroatoms. The van der Waals surface area contributed by atoms with Crippen LogP contribution in [0.4, 0.5) is 11.4 Å². The van der Waals surface area contributed by atoms with Crippen LogP contribution in [0.25, 0.3) is 0 Å². The van der Waals surface area contributed by atoms with Crippen LogP contribution in [-0.4, -0.2) is 30.8 Å². The average Bonchev–Trinajstić information content (AvgIpc) is 2.75. The van der Waals surface area contributed by atoms with E-state index in [2.05, 4.69) is 5.32 Å². The van der Waals surface area contributed by atoms with Gasteiger partial charge in [0.1, 0.15) is 12.4 Å². The third-order valence-electron chi connectivity index (χ3n) is 4.19. The van der Waals surface area contributed by atoms with Crippen molar-refractivity contribution in [3.05, 3.63) is 90.5 Å². The number of nitrogens with zero attached hydrogens (tertiary/aromatic N) is 1. The summed E-state index contributed by atoms with van der Waals surface area (Å²) in [6, 6.07) is 26.8. The lowest BCUT2D eigenvalue weighted by Crippen LogP contribution is -2.35. The fourth-order valence-corrected chi connectivity index (χ4v) is 2.92. The molecule has 0 radical (unpaired) electrons. The van der Waals surface area contributed by atoms with Crippen LogP contribution < -0.4 is 15.0 Å². The van der Waals surface area contributed by atoms with E-state index in [0.29, 0.717) is 12.3 Å². The molecule has 28 heavy (non-hydrogen) atoms. The minimum absolute atomic E-state index is 0.0383. The van der Waals surface area contributed by atoms with E-state index < -0.39 is 0 Å². The van der Waals surface area contributed by atoms with Crippen molar-refractivity contribution in [1.82, 2.24) is 5.32 Å². The van der Waals surface area contributed by atoms with Crippen LogP contribution in [0.5, 0.6) is 5.75 Å². The van der Waals surface area contributed by atoms with Gasteiger partial charge in [-0.1, -0.05) is 54.6 Å². The molecule has 0 heterocycles. The quantitative estimate of drug-likeness (QED) is 0.600. The number of amides is 1. The van der Waals surface area contributed by atoms with Gasteiger partial charge in [-0.15, -0.1) is 0 Å². The van der Waals surface area contributed by atoms with Crippen LogP contribution in [-0.2, 0) is 11.3 Å². The summed E-state index contributed by atoms with van der Waals surface area (Å²) in [5, 5.41) is 12.2. The molecule has 0 aliphatic heterocycles. The number of aliphatic hydroxyl groups excluding tert-OH is 1. The number of hydrogen-bond donors (Lipinski definition) is 2. The minimum Gasteiger partial charge on any atom is -0.491 e. The van der Waals surface area contributed by atoms with Crippen LogP contribution >= 0.6 is 0 Å². The van der Waals surface area contributed by atoms with Gasteiger partial charge in [0.2, 0.25) is 5.91 Å². The van der Waals surface area contributed by atoms with Gasteiger partial charge < -0.3 is 15.2 Å². The van der Waals surface area contributed by atoms with Crippen molar-refractivity contribution in [2.24, 2.45) is 0 Å². The van der Waals surface area contributed by atoms with Gasteiger partial charge in [0, 0.05) is 23.5 Å². The summed E-state index contributed by atoms with van der Waals surface area (Å²) in [7, 11) is 0. The molecule has 0 unspecified atom stereocenters. The molecule has 5 nitrogen and oxygen atoms in total. The van der Waals surface area contributed by atoms with Crippen LogP contribution in [0.15, 0.2) is 84.9 Å². The summed E-state index contributed by atoms with van der Waals surface area (Å²) in [6.07, 6.45) is 0. The second kappa shape index (κ2) is 10.3. The highest BCUT2D eigenvalue weighted by Crippen LogP contribution is 2.25. The van der Waals surface area contributed by atoms with Gasteiger partial charge in [-0.2, -0.15) is 0 Å². The summed E-state index contributed by atoms with van der Waals surface area (Å²) in [5.74, 6) is 0.658. The van der Waals surface area contributed by atoms with Crippen molar-refractivity contribution in [2.75, 3.05) is 24.7 Å². The standard InChI is InChI=1S/C23H24N2O3/c26-15-16-28-22-14-8-7-9-19(22)17-24-18-23(27)25(20-10-3-1-4-11-20)21-12-5-2-6-13-21/h1-14,24,26H,15-18H2. The zero-order valence-corrected chi connectivity index (χ0v) is 15.6. The zero-order chi connectivity index (χ0) is 19.6. The molecule has 1 amide bonds. The van der Waals surface area contributed by atoms with Crippen LogP contribution in [0, 0.1) is 0 Å². The molecule has 3 rings (SSSR count). The molecule has 144 valence electrons. The van der Waals surface area contributed by atoms with Gasteiger partial charge in [-0.25, -0.2) is 0 Å². The zero-order valence-electron chi connectivity index (χ0n) is 15.6. The first-order chi connectivity index (χ1) is 13.8. The van der Waals surface area contributed by atoms with Crippen molar-refractivity contribution in [1.29, 1.82) is 0 Å². The number of anilines is 2. The van der Waals surface area contributed by atoms with Gasteiger partial charge in [0.05, 0.1) is 13.2 Å². The molecule has 3 aromatic carbocycles. The largest absolute Gasteiger partial charge is 0.491 e. The van der Waals surface area contributed by atoms with Gasteiger partial charge in [0.25, 0.3) is 0 Å². The molecule has 0 aliphatic carbocycles. The van der Waals surface area contributed by atoms with Crippen molar-refractivity contribution in [3.63, 3.8) is 0 Å². The van der Waals surface area contributed by atoms with E-state index >= 15 is 0 Å². The number of nitrogens with one attached hydrogen (secondary N) is 1. The Labute approximate surface area is 165 Å². The molecule has 0 saturated carbocycles. The lowest BCUT2D eigenvalue weighted by atomic mass is 10.2. The summed E-state index contributed by atoms with van der Waals surface area (Å²) < 4.78 is 5.54. The van der Waals surface area contributed by atoms with Crippen LogP contribution in [0.1, 0.15) is 5.56 Å². The topological polar surface area (TPSA) is 61.8 Å². The van der Waals surface area contributed by atoms with Crippen molar-refractivity contribution >= 4 is 17.3 Å². The van der Waals surface area contributed by atoms with Crippen LogP contribution in [0.3, 0.4) is 0 Å². The molecule has 0 bridgehead atoms. The van der Waals surface area contributed by atoms with E-state index in [1.165, 1.54) is 0 Å². The van der Waals surface area contributed by atoms with Gasteiger partial charge >= 0.3 is 0 Å². The Morgan fingerprint density at radius 2 is 1.43 bits per heavy atom. The SMILES string of the molecule is O=C(CNCc1ccccc1OCCO)N(c1ccccc1)c1ccccc1. The third-order valence-corrected chi connectivity index (χ3v) is 4.19. The molecule has 0 saturated heterocycles. The number of rotatable bonds is 9. The minimum atomic E-state index is -0.0499. The van der Waals surface area contributed by atoms with Gasteiger partial charge in [-0.05, 0) is 30.3 Å². The van der Waals surface area contributed by atoms with E-state index in [9.17, 15) is 4.79 Å². The van der Waals surface area contributed by atoms with E-state index in [1.54, 1.807) is 4.90 Å². The molecule has 0 spiro atoms. The number of carbonyl (C=O) groups is 1. The van der Waals surface area contributed by atoms with Gasteiger partial charge in [0.15, 0.2) is 0 Å². The summed E-state index contributed by atoms with van der Waals surface area (Å²) in [4.78, 5) is 14.7. The molecular weight excluding hydrogens is 352 g/mol. The first-order valence-electron chi connectivity index (χ1n) is 9.25. The molecule has 0 atom stereocenters. The summed E-state index contributed by atoms with van der Waals surface area (Å²) in [5.41, 5.74) is 2.59. The highest BCUT2D eigenvalue weighted by atomic mass is 16.5. The number of ether oxygens (including phenoxy) is 1. The summed E-state index contributed by atoms with van der Waals surface area (Å²) >= 11 is 0. The fourth-order valence-electron chi connectivity index (χ4n) is 2.92. The molecule has 3 aromatic rings. The first kappa shape index (κ1) is 19.6. The number of para-hydroxylation sites is 3. The second-order valence-electron chi connectivity index (χ2n) is 6.18. The van der Waals surface area contributed by atoms with E-state index in [0.717, 1.165) is 16.9 Å². The maximum atomic E-state index is 13.0. The molecule has 2 N–H and O–H groups in total. The lowest BCUT2D eigenvalue weighted by Gasteiger charge is -2.23. The number of hydrogen-bond acceptors (Lipinski definition) is 4. The third kappa shape index (κ3) is 5.19. The van der Waals surface area contributed by atoms with Crippen molar-refractivity contribution < 1.29 is 14.6 Å². The lowest BCUT2D eigenvalue weighted by molar-refractivity contribution is -0.117. The summed E-state index contributed by atoms with van der Waals surface area (Å²) in [6.45, 7) is 0.873.